The Labute approximate surface area is 114 Å². The summed E-state index contributed by atoms with van der Waals surface area (Å²) < 4.78 is 11.1. The van der Waals surface area contributed by atoms with Crippen molar-refractivity contribution in [3.8, 4) is 11.5 Å². The van der Waals surface area contributed by atoms with Gasteiger partial charge in [-0.2, -0.15) is 0 Å². The highest BCUT2D eigenvalue weighted by atomic mass is 16.5. The number of hydrogen-bond acceptors (Lipinski definition) is 3. The first kappa shape index (κ1) is 13.4. The molecule has 2 aromatic rings. The monoisotopic (exact) mass is 257 g/mol. The molecule has 0 fully saturated rings. The van der Waals surface area contributed by atoms with Crippen molar-refractivity contribution in [3.63, 3.8) is 0 Å². The summed E-state index contributed by atoms with van der Waals surface area (Å²) in [6, 6.07) is 15.9. The summed E-state index contributed by atoms with van der Waals surface area (Å²) in [4.78, 5) is 0. The maximum absolute atomic E-state index is 5.77. The fourth-order valence-corrected chi connectivity index (χ4v) is 1.94. The topological polar surface area (TPSA) is 30.5 Å². The molecule has 19 heavy (non-hydrogen) atoms. The van der Waals surface area contributed by atoms with E-state index in [0.29, 0.717) is 6.61 Å². The molecule has 0 radical (unpaired) electrons. The van der Waals surface area contributed by atoms with Gasteiger partial charge in [-0.25, -0.2) is 0 Å². The van der Waals surface area contributed by atoms with E-state index in [1.165, 1.54) is 5.56 Å². The maximum atomic E-state index is 5.77. The van der Waals surface area contributed by atoms with Crippen molar-refractivity contribution in [2.24, 2.45) is 0 Å². The van der Waals surface area contributed by atoms with Gasteiger partial charge in [-0.3, -0.25) is 0 Å². The SMILES string of the molecule is CNCc1ccc(OC)c(COc2ccccc2)c1. The van der Waals surface area contributed by atoms with Crippen molar-refractivity contribution in [2.75, 3.05) is 14.2 Å². The summed E-state index contributed by atoms with van der Waals surface area (Å²) in [7, 11) is 3.61. The molecule has 0 heterocycles. The Balaban J connectivity index is 2.11. The molecule has 2 aromatic carbocycles. The van der Waals surface area contributed by atoms with Crippen molar-refractivity contribution in [1.82, 2.24) is 5.32 Å². The predicted octanol–water partition coefficient (Wildman–Crippen LogP) is 2.99. The van der Waals surface area contributed by atoms with E-state index in [1.54, 1.807) is 7.11 Å². The van der Waals surface area contributed by atoms with Crippen molar-refractivity contribution in [1.29, 1.82) is 0 Å². The standard InChI is InChI=1S/C16H19NO2/c1-17-11-13-8-9-16(18-2)14(10-13)12-19-15-6-4-3-5-7-15/h3-10,17H,11-12H2,1-2H3. The van der Waals surface area contributed by atoms with Crippen molar-refractivity contribution < 1.29 is 9.47 Å². The van der Waals surface area contributed by atoms with Crippen LogP contribution in [0.15, 0.2) is 48.5 Å². The normalized spacial score (nSPS) is 10.2. The van der Waals surface area contributed by atoms with E-state index in [4.69, 9.17) is 9.47 Å². The van der Waals surface area contributed by atoms with E-state index in [-0.39, 0.29) is 0 Å². The quantitative estimate of drug-likeness (QED) is 0.863. The molecule has 0 saturated carbocycles. The molecule has 1 N–H and O–H groups in total. The molecule has 2 rings (SSSR count). The molecule has 0 amide bonds. The Bertz CT molecular complexity index is 511. The van der Waals surface area contributed by atoms with Crippen LogP contribution in [-0.4, -0.2) is 14.2 Å². The van der Waals surface area contributed by atoms with E-state index in [1.807, 2.05) is 43.4 Å². The summed E-state index contributed by atoms with van der Waals surface area (Å²) in [5, 5.41) is 3.14. The lowest BCUT2D eigenvalue weighted by Gasteiger charge is -2.12. The molecule has 3 nitrogen and oxygen atoms in total. The Hall–Kier alpha value is -2.00. The molecule has 0 atom stereocenters. The van der Waals surface area contributed by atoms with E-state index in [9.17, 15) is 0 Å². The van der Waals surface area contributed by atoms with Gasteiger partial charge in [0.1, 0.15) is 18.1 Å². The Kier molecular flexibility index (Phi) is 4.81. The van der Waals surface area contributed by atoms with Crippen LogP contribution in [0.1, 0.15) is 11.1 Å². The molecule has 0 spiro atoms. The van der Waals surface area contributed by atoms with E-state index in [2.05, 4.69) is 17.4 Å². The first-order valence-corrected chi connectivity index (χ1v) is 6.31. The third-order valence-corrected chi connectivity index (χ3v) is 2.86. The summed E-state index contributed by atoms with van der Waals surface area (Å²) in [6.45, 7) is 1.34. The molecule has 0 aliphatic carbocycles. The largest absolute Gasteiger partial charge is 0.496 e. The minimum atomic E-state index is 0.505. The van der Waals surface area contributed by atoms with Gasteiger partial charge in [0.2, 0.25) is 0 Å². The fraction of sp³-hybridized carbons (Fsp3) is 0.250. The maximum Gasteiger partial charge on any atom is 0.125 e. The van der Waals surface area contributed by atoms with Crippen LogP contribution >= 0.6 is 0 Å². The number of para-hydroxylation sites is 1. The summed E-state index contributed by atoms with van der Waals surface area (Å²) in [5.74, 6) is 1.72. The zero-order valence-electron chi connectivity index (χ0n) is 11.3. The Morgan fingerprint density at radius 2 is 1.84 bits per heavy atom. The smallest absolute Gasteiger partial charge is 0.125 e. The molecule has 0 aliphatic rings. The minimum Gasteiger partial charge on any atom is -0.496 e. The first-order chi connectivity index (χ1) is 9.33. The van der Waals surface area contributed by atoms with Gasteiger partial charge in [-0.15, -0.1) is 0 Å². The zero-order chi connectivity index (χ0) is 13.5. The van der Waals surface area contributed by atoms with Gasteiger partial charge >= 0.3 is 0 Å². The summed E-state index contributed by atoms with van der Waals surface area (Å²) in [6.07, 6.45) is 0. The number of rotatable bonds is 6. The molecule has 100 valence electrons. The molecule has 0 aliphatic heterocycles. The average Bonchev–Trinajstić information content (AvgIpc) is 2.47. The highest BCUT2D eigenvalue weighted by Crippen LogP contribution is 2.22. The number of methoxy groups -OCH3 is 1. The van der Waals surface area contributed by atoms with Crippen molar-refractivity contribution in [3.05, 3.63) is 59.7 Å². The van der Waals surface area contributed by atoms with Crippen LogP contribution in [0.3, 0.4) is 0 Å². The molecule has 0 unspecified atom stereocenters. The predicted molar refractivity (Wildman–Crippen MR) is 76.5 cm³/mol. The second kappa shape index (κ2) is 6.81. The van der Waals surface area contributed by atoms with E-state index >= 15 is 0 Å². The number of hydrogen-bond donors (Lipinski definition) is 1. The lowest BCUT2D eigenvalue weighted by Crippen LogP contribution is -2.06. The highest BCUT2D eigenvalue weighted by Gasteiger charge is 2.05. The third kappa shape index (κ3) is 3.73. The number of ether oxygens (including phenoxy) is 2. The molecule has 3 heteroatoms. The third-order valence-electron chi connectivity index (χ3n) is 2.86. The summed E-state index contributed by atoms with van der Waals surface area (Å²) in [5.41, 5.74) is 2.27. The number of benzene rings is 2. The molecular weight excluding hydrogens is 238 g/mol. The minimum absolute atomic E-state index is 0.505. The van der Waals surface area contributed by atoms with E-state index in [0.717, 1.165) is 23.6 Å². The van der Waals surface area contributed by atoms with Crippen LogP contribution in [0.4, 0.5) is 0 Å². The molecule has 0 saturated heterocycles. The van der Waals surface area contributed by atoms with Crippen molar-refractivity contribution in [2.45, 2.75) is 13.2 Å². The lowest BCUT2D eigenvalue weighted by atomic mass is 10.1. The van der Waals surface area contributed by atoms with Gasteiger partial charge in [-0.1, -0.05) is 24.3 Å². The van der Waals surface area contributed by atoms with Crippen LogP contribution in [-0.2, 0) is 13.2 Å². The average molecular weight is 257 g/mol. The molecular formula is C16H19NO2. The fourth-order valence-electron chi connectivity index (χ4n) is 1.94. The van der Waals surface area contributed by atoms with Gasteiger partial charge in [0.25, 0.3) is 0 Å². The second-order valence-corrected chi connectivity index (χ2v) is 4.28. The second-order valence-electron chi connectivity index (χ2n) is 4.28. The van der Waals surface area contributed by atoms with Gasteiger partial charge in [0, 0.05) is 12.1 Å². The lowest BCUT2D eigenvalue weighted by molar-refractivity contribution is 0.296. The van der Waals surface area contributed by atoms with Crippen molar-refractivity contribution >= 4 is 0 Å². The molecule has 0 bridgehead atoms. The van der Waals surface area contributed by atoms with Gasteiger partial charge in [0.05, 0.1) is 7.11 Å². The summed E-state index contributed by atoms with van der Waals surface area (Å²) >= 11 is 0. The van der Waals surface area contributed by atoms with Crippen LogP contribution in [0.2, 0.25) is 0 Å². The number of nitrogens with one attached hydrogen (secondary N) is 1. The van der Waals surface area contributed by atoms with Crippen LogP contribution < -0.4 is 14.8 Å². The highest BCUT2D eigenvalue weighted by molar-refractivity contribution is 5.37. The van der Waals surface area contributed by atoms with E-state index < -0.39 is 0 Å². The van der Waals surface area contributed by atoms with Gasteiger partial charge < -0.3 is 14.8 Å². The van der Waals surface area contributed by atoms with Gasteiger partial charge in [0.15, 0.2) is 0 Å². The first-order valence-electron chi connectivity index (χ1n) is 6.31. The van der Waals surface area contributed by atoms with Crippen LogP contribution in [0.25, 0.3) is 0 Å². The Morgan fingerprint density at radius 3 is 2.53 bits per heavy atom. The molecule has 0 aromatic heterocycles. The van der Waals surface area contributed by atoms with Crippen LogP contribution in [0, 0.1) is 0 Å². The zero-order valence-corrected chi connectivity index (χ0v) is 11.3. The van der Waals surface area contributed by atoms with Crippen LogP contribution in [0.5, 0.6) is 11.5 Å². The Morgan fingerprint density at radius 1 is 1.05 bits per heavy atom. The van der Waals surface area contributed by atoms with Gasteiger partial charge in [-0.05, 0) is 36.9 Å².